The molecule has 1 N–H and O–H groups in total. The van der Waals surface area contributed by atoms with Crippen molar-refractivity contribution in [2.24, 2.45) is 5.10 Å². The molecule has 10 nitrogen and oxygen atoms in total. The van der Waals surface area contributed by atoms with Gasteiger partial charge in [-0.1, -0.05) is 0 Å². The highest BCUT2D eigenvalue weighted by Crippen LogP contribution is 2.28. The SMILES string of the molecule is CCOc1ccc(C(=O)Oc2ccc(/C=N/NC(=O)c3ccc([N+](=O)[O-])cc3)cc2OC)cc1. The Morgan fingerprint density at radius 2 is 1.68 bits per heavy atom. The number of hydrogen-bond acceptors (Lipinski definition) is 8. The molecule has 0 bridgehead atoms. The third kappa shape index (κ3) is 6.16. The molecule has 0 aliphatic rings. The van der Waals surface area contributed by atoms with Crippen molar-refractivity contribution < 1.29 is 28.7 Å². The van der Waals surface area contributed by atoms with Crippen molar-refractivity contribution >= 4 is 23.8 Å². The highest BCUT2D eigenvalue weighted by atomic mass is 16.6. The summed E-state index contributed by atoms with van der Waals surface area (Å²) < 4.78 is 16.1. The highest BCUT2D eigenvalue weighted by Gasteiger charge is 2.13. The van der Waals surface area contributed by atoms with Crippen molar-refractivity contribution in [1.82, 2.24) is 5.43 Å². The van der Waals surface area contributed by atoms with E-state index in [1.54, 1.807) is 42.5 Å². The largest absolute Gasteiger partial charge is 0.494 e. The predicted molar refractivity (Wildman–Crippen MR) is 124 cm³/mol. The zero-order chi connectivity index (χ0) is 24.5. The summed E-state index contributed by atoms with van der Waals surface area (Å²) >= 11 is 0. The standard InChI is InChI=1S/C24H21N3O7/c1-3-33-20-11-7-18(8-12-20)24(29)34-21-13-4-16(14-22(21)32-2)15-25-26-23(28)17-5-9-19(10-6-17)27(30)31/h4-15H,3H2,1-2H3,(H,26,28)/b25-15+. The van der Waals surface area contributed by atoms with Gasteiger partial charge in [0, 0.05) is 17.7 Å². The molecule has 0 spiro atoms. The van der Waals surface area contributed by atoms with Crippen LogP contribution in [0, 0.1) is 10.1 Å². The van der Waals surface area contributed by atoms with Crippen molar-refractivity contribution in [2.75, 3.05) is 13.7 Å². The zero-order valence-corrected chi connectivity index (χ0v) is 18.4. The van der Waals surface area contributed by atoms with Crippen molar-refractivity contribution in [2.45, 2.75) is 6.92 Å². The molecular formula is C24H21N3O7. The molecule has 0 saturated heterocycles. The molecular weight excluding hydrogens is 442 g/mol. The Balaban J connectivity index is 1.63. The number of nitrogens with one attached hydrogen (secondary N) is 1. The monoisotopic (exact) mass is 463 g/mol. The summed E-state index contributed by atoms with van der Waals surface area (Å²) in [5, 5.41) is 14.6. The zero-order valence-electron chi connectivity index (χ0n) is 18.4. The Morgan fingerprint density at radius 3 is 2.29 bits per heavy atom. The van der Waals surface area contributed by atoms with Gasteiger partial charge in [-0.05, 0) is 67.1 Å². The van der Waals surface area contributed by atoms with E-state index in [1.165, 1.54) is 37.6 Å². The van der Waals surface area contributed by atoms with Gasteiger partial charge in [-0.2, -0.15) is 5.10 Å². The molecule has 3 rings (SSSR count). The molecule has 0 aliphatic carbocycles. The minimum atomic E-state index is -0.557. The summed E-state index contributed by atoms with van der Waals surface area (Å²) in [6.45, 7) is 2.40. The van der Waals surface area contributed by atoms with Crippen molar-refractivity contribution in [1.29, 1.82) is 0 Å². The fourth-order valence-corrected chi connectivity index (χ4v) is 2.83. The van der Waals surface area contributed by atoms with E-state index in [0.717, 1.165) is 0 Å². The number of esters is 1. The molecule has 0 unspecified atom stereocenters. The minimum Gasteiger partial charge on any atom is -0.494 e. The van der Waals surface area contributed by atoms with Gasteiger partial charge in [0.15, 0.2) is 11.5 Å². The second-order valence-corrected chi connectivity index (χ2v) is 6.76. The van der Waals surface area contributed by atoms with Crippen LogP contribution >= 0.6 is 0 Å². The number of hydrogen-bond donors (Lipinski definition) is 1. The first-order valence-electron chi connectivity index (χ1n) is 10.1. The van der Waals surface area contributed by atoms with Crippen molar-refractivity contribution in [3.05, 3.63) is 93.5 Å². The lowest BCUT2D eigenvalue weighted by Gasteiger charge is -2.10. The van der Waals surface area contributed by atoms with Crippen LogP contribution in [0.5, 0.6) is 17.2 Å². The Hall–Kier alpha value is -4.73. The number of non-ortho nitro benzene ring substituents is 1. The summed E-state index contributed by atoms with van der Waals surface area (Å²) in [6, 6.07) is 16.5. The predicted octanol–water partition coefficient (Wildman–Crippen LogP) is 3.99. The number of nitro benzene ring substituents is 1. The maximum Gasteiger partial charge on any atom is 0.343 e. The maximum atomic E-state index is 12.4. The van der Waals surface area contributed by atoms with Crippen LogP contribution in [-0.4, -0.2) is 36.7 Å². The Bertz CT molecular complexity index is 1210. The number of carbonyl (C=O) groups excluding carboxylic acids is 2. The van der Waals surface area contributed by atoms with E-state index in [4.69, 9.17) is 14.2 Å². The van der Waals surface area contributed by atoms with E-state index in [2.05, 4.69) is 10.5 Å². The fourth-order valence-electron chi connectivity index (χ4n) is 2.83. The minimum absolute atomic E-state index is 0.115. The number of nitro groups is 1. The number of rotatable bonds is 9. The average Bonchev–Trinajstić information content (AvgIpc) is 2.85. The van der Waals surface area contributed by atoms with Gasteiger partial charge < -0.3 is 14.2 Å². The molecule has 34 heavy (non-hydrogen) atoms. The van der Waals surface area contributed by atoms with Gasteiger partial charge in [-0.3, -0.25) is 14.9 Å². The number of benzene rings is 3. The van der Waals surface area contributed by atoms with E-state index in [9.17, 15) is 19.7 Å². The molecule has 0 saturated carbocycles. The molecule has 3 aromatic carbocycles. The lowest BCUT2D eigenvalue weighted by atomic mass is 10.2. The summed E-state index contributed by atoms with van der Waals surface area (Å²) in [7, 11) is 1.43. The van der Waals surface area contributed by atoms with Crippen molar-refractivity contribution in [3.63, 3.8) is 0 Å². The normalized spacial score (nSPS) is 10.5. The second-order valence-electron chi connectivity index (χ2n) is 6.76. The first-order chi connectivity index (χ1) is 16.4. The Morgan fingerprint density at radius 1 is 1.00 bits per heavy atom. The fraction of sp³-hybridized carbons (Fsp3) is 0.125. The molecule has 10 heteroatoms. The molecule has 0 atom stereocenters. The van der Waals surface area contributed by atoms with Gasteiger partial charge in [-0.15, -0.1) is 0 Å². The third-order valence-corrected chi connectivity index (χ3v) is 4.51. The number of methoxy groups -OCH3 is 1. The van der Waals surface area contributed by atoms with Gasteiger partial charge in [0.2, 0.25) is 0 Å². The summed E-state index contributed by atoms with van der Waals surface area (Å²) in [5.74, 6) is 0.0801. The number of carbonyl (C=O) groups is 2. The van der Waals surface area contributed by atoms with Crippen LogP contribution < -0.4 is 19.6 Å². The van der Waals surface area contributed by atoms with E-state index < -0.39 is 16.8 Å². The van der Waals surface area contributed by atoms with Crippen LogP contribution in [0.25, 0.3) is 0 Å². The van der Waals surface area contributed by atoms with Crippen molar-refractivity contribution in [3.8, 4) is 17.2 Å². The Labute approximate surface area is 194 Å². The lowest BCUT2D eigenvalue weighted by Crippen LogP contribution is -2.17. The third-order valence-electron chi connectivity index (χ3n) is 4.51. The molecule has 0 heterocycles. The van der Waals surface area contributed by atoms with Crippen LogP contribution in [0.3, 0.4) is 0 Å². The number of hydrazone groups is 1. The first kappa shape index (κ1) is 23.9. The lowest BCUT2D eigenvalue weighted by molar-refractivity contribution is -0.384. The molecule has 3 aromatic rings. The Kier molecular flexibility index (Phi) is 7.90. The van der Waals surface area contributed by atoms with Gasteiger partial charge in [-0.25, -0.2) is 10.2 Å². The van der Waals surface area contributed by atoms with Crippen LogP contribution in [0.2, 0.25) is 0 Å². The topological polar surface area (TPSA) is 129 Å². The van der Waals surface area contributed by atoms with E-state index in [0.29, 0.717) is 29.2 Å². The molecule has 0 aliphatic heterocycles. The smallest absolute Gasteiger partial charge is 0.343 e. The summed E-state index contributed by atoms with van der Waals surface area (Å²) in [5.41, 5.74) is 3.37. The molecule has 1 amide bonds. The van der Waals surface area contributed by atoms with Gasteiger partial charge >= 0.3 is 5.97 Å². The molecule has 0 fully saturated rings. The number of nitrogens with zero attached hydrogens (tertiary/aromatic N) is 2. The second kappa shape index (κ2) is 11.2. The average molecular weight is 463 g/mol. The van der Waals surface area contributed by atoms with Crippen LogP contribution in [0.4, 0.5) is 5.69 Å². The maximum absolute atomic E-state index is 12.4. The van der Waals surface area contributed by atoms with Gasteiger partial charge in [0.1, 0.15) is 5.75 Å². The number of ether oxygens (including phenoxy) is 3. The number of amides is 1. The summed E-state index contributed by atoms with van der Waals surface area (Å²) in [6.07, 6.45) is 1.38. The van der Waals surface area contributed by atoms with Gasteiger partial charge in [0.05, 0.1) is 30.4 Å². The first-order valence-corrected chi connectivity index (χ1v) is 10.1. The van der Waals surface area contributed by atoms with Crippen LogP contribution in [-0.2, 0) is 0 Å². The van der Waals surface area contributed by atoms with E-state index in [1.807, 2.05) is 6.92 Å². The quantitative estimate of drug-likeness (QED) is 0.167. The van der Waals surface area contributed by atoms with Crippen LogP contribution in [0.15, 0.2) is 71.8 Å². The van der Waals surface area contributed by atoms with Crippen LogP contribution in [0.1, 0.15) is 33.2 Å². The molecule has 0 aromatic heterocycles. The molecule has 0 radical (unpaired) electrons. The molecule has 174 valence electrons. The van der Waals surface area contributed by atoms with E-state index >= 15 is 0 Å². The van der Waals surface area contributed by atoms with E-state index in [-0.39, 0.29) is 17.0 Å². The summed E-state index contributed by atoms with van der Waals surface area (Å²) in [4.78, 5) is 34.7. The highest BCUT2D eigenvalue weighted by molar-refractivity contribution is 5.95. The van der Waals surface area contributed by atoms with Gasteiger partial charge in [0.25, 0.3) is 11.6 Å².